The van der Waals surface area contributed by atoms with Crippen LogP contribution in [-0.2, 0) is 0 Å². The van der Waals surface area contributed by atoms with Crippen LogP contribution in [0.2, 0.25) is 0 Å². The average Bonchev–Trinajstić information content (AvgIpc) is 3.02. The molecule has 0 bridgehead atoms. The monoisotopic (exact) mass is 189 g/mol. The van der Waals surface area contributed by atoms with Crippen LogP contribution in [0.3, 0.4) is 0 Å². The maximum atomic E-state index is 4.75. The van der Waals surface area contributed by atoms with E-state index in [0.29, 0.717) is 5.92 Å². The molecule has 0 N–H and O–H groups in total. The summed E-state index contributed by atoms with van der Waals surface area (Å²) < 4.78 is 0. The van der Waals surface area contributed by atoms with Gasteiger partial charge >= 0.3 is 0 Å². The van der Waals surface area contributed by atoms with Gasteiger partial charge in [-0.15, -0.1) is 0 Å². The summed E-state index contributed by atoms with van der Waals surface area (Å²) >= 11 is 0. The van der Waals surface area contributed by atoms with E-state index >= 15 is 0 Å². The van der Waals surface area contributed by atoms with Gasteiger partial charge in [-0.3, -0.25) is 4.98 Å². The van der Waals surface area contributed by atoms with E-state index in [1.54, 1.807) is 0 Å². The molecule has 1 heterocycles. The van der Waals surface area contributed by atoms with Crippen molar-refractivity contribution in [3.8, 4) is 0 Å². The van der Waals surface area contributed by atoms with Crippen LogP contribution in [0, 0.1) is 0 Å². The Labute approximate surface area is 86.6 Å². The van der Waals surface area contributed by atoms with Gasteiger partial charge in [0.25, 0.3) is 0 Å². The van der Waals surface area contributed by atoms with Crippen molar-refractivity contribution in [3.05, 3.63) is 29.6 Å². The minimum atomic E-state index is 0.624. The Kier molecular flexibility index (Phi) is 2.85. The van der Waals surface area contributed by atoms with Crippen LogP contribution in [0.4, 0.5) is 0 Å². The molecule has 0 amide bonds. The molecule has 76 valence electrons. The minimum Gasteiger partial charge on any atom is -0.257 e. The van der Waals surface area contributed by atoms with Crippen LogP contribution in [0.25, 0.3) is 0 Å². The summed E-state index contributed by atoms with van der Waals surface area (Å²) in [5.41, 5.74) is 2.61. The van der Waals surface area contributed by atoms with Gasteiger partial charge in [-0.1, -0.05) is 26.3 Å². The number of hydrogen-bond acceptors (Lipinski definition) is 1. The molecule has 1 aromatic heterocycles. The summed E-state index contributed by atoms with van der Waals surface area (Å²) in [4.78, 5) is 4.75. The van der Waals surface area contributed by atoms with Gasteiger partial charge < -0.3 is 0 Å². The van der Waals surface area contributed by atoms with E-state index in [4.69, 9.17) is 4.98 Å². The molecule has 0 spiro atoms. The van der Waals surface area contributed by atoms with E-state index in [1.807, 2.05) is 0 Å². The number of rotatable bonds is 4. The SMILES string of the molecule is CCCC(C)c1cccc(C2CC2)n1. The summed E-state index contributed by atoms with van der Waals surface area (Å²) in [6.45, 7) is 4.52. The van der Waals surface area contributed by atoms with E-state index < -0.39 is 0 Å². The Morgan fingerprint density at radius 1 is 1.43 bits per heavy atom. The quantitative estimate of drug-likeness (QED) is 0.700. The summed E-state index contributed by atoms with van der Waals surface area (Å²) in [6.07, 6.45) is 5.19. The first-order valence-corrected chi connectivity index (χ1v) is 5.78. The smallest absolute Gasteiger partial charge is 0.0437 e. The number of aromatic nitrogens is 1. The van der Waals surface area contributed by atoms with Crippen molar-refractivity contribution in [1.82, 2.24) is 4.98 Å². The maximum Gasteiger partial charge on any atom is 0.0437 e. The Morgan fingerprint density at radius 3 is 2.86 bits per heavy atom. The normalized spacial score (nSPS) is 18.1. The van der Waals surface area contributed by atoms with Gasteiger partial charge in [0.2, 0.25) is 0 Å². The van der Waals surface area contributed by atoms with Crippen LogP contribution in [0.1, 0.15) is 62.8 Å². The Bertz CT molecular complexity index is 302. The van der Waals surface area contributed by atoms with E-state index in [2.05, 4.69) is 32.0 Å². The Hall–Kier alpha value is -0.850. The van der Waals surface area contributed by atoms with Crippen molar-refractivity contribution >= 4 is 0 Å². The van der Waals surface area contributed by atoms with Gasteiger partial charge in [0.1, 0.15) is 0 Å². The van der Waals surface area contributed by atoms with Gasteiger partial charge in [0.15, 0.2) is 0 Å². The topological polar surface area (TPSA) is 12.9 Å². The molecule has 0 radical (unpaired) electrons. The predicted octanol–water partition coefficient (Wildman–Crippen LogP) is 3.86. The van der Waals surface area contributed by atoms with E-state index in [-0.39, 0.29) is 0 Å². The first-order valence-electron chi connectivity index (χ1n) is 5.78. The van der Waals surface area contributed by atoms with Crippen LogP contribution >= 0.6 is 0 Å². The molecule has 1 unspecified atom stereocenters. The summed E-state index contributed by atoms with van der Waals surface area (Å²) in [6, 6.07) is 6.52. The fourth-order valence-corrected chi connectivity index (χ4v) is 1.93. The first-order chi connectivity index (χ1) is 6.81. The lowest BCUT2D eigenvalue weighted by Gasteiger charge is -2.10. The lowest BCUT2D eigenvalue weighted by Crippen LogP contribution is -1.98. The number of pyridine rings is 1. The van der Waals surface area contributed by atoms with Gasteiger partial charge in [0, 0.05) is 17.3 Å². The van der Waals surface area contributed by atoms with Crippen LogP contribution < -0.4 is 0 Å². The van der Waals surface area contributed by atoms with Crippen molar-refractivity contribution in [2.75, 3.05) is 0 Å². The molecular formula is C13H19N. The number of nitrogens with zero attached hydrogens (tertiary/aromatic N) is 1. The standard InChI is InChI=1S/C13H19N/c1-3-5-10(2)12-6-4-7-13(14-12)11-8-9-11/h4,6-7,10-11H,3,5,8-9H2,1-2H3. The minimum absolute atomic E-state index is 0.624. The maximum absolute atomic E-state index is 4.75. The zero-order valence-corrected chi connectivity index (χ0v) is 9.16. The summed E-state index contributed by atoms with van der Waals surface area (Å²) in [5.74, 6) is 1.41. The predicted molar refractivity (Wildman–Crippen MR) is 59.5 cm³/mol. The third kappa shape index (κ3) is 2.14. The fraction of sp³-hybridized carbons (Fsp3) is 0.615. The highest BCUT2D eigenvalue weighted by molar-refractivity contribution is 5.20. The molecule has 1 fully saturated rings. The second-order valence-electron chi connectivity index (χ2n) is 4.45. The van der Waals surface area contributed by atoms with Gasteiger partial charge in [0.05, 0.1) is 0 Å². The van der Waals surface area contributed by atoms with Crippen LogP contribution in [-0.4, -0.2) is 4.98 Å². The zero-order valence-electron chi connectivity index (χ0n) is 9.16. The molecule has 0 aromatic carbocycles. The largest absolute Gasteiger partial charge is 0.257 e. The van der Waals surface area contributed by atoms with E-state index in [1.165, 1.54) is 37.1 Å². The molecule has 1 atom stereocenters. The zero-order chi connectivity index (χ0) is 9.97. The van der Waals surface area contributed by atoms with Crippen molar-refractivity contribution < 1.29 is 0 Å². The third-order valence-corrected chi connectivity index (χ3v) is 3.01. The Balaban J connectivity index is 2.12. The highest BCUT2D eigenvalue weighted by atomic mass is 14.7. The molecule has 1 heteroatoms. The highest BCUT2D eigenvalue weighted by Crippen LogP contribution is 2.39. The third-order valence-electron chi connectivity index (χ3n) is 3.01. The van der Waals surface area contributed by atoms with Crippen molar-refractivity contribution in [2.45, 2.75) is 51.4 Å². The molecule has 0 aliphatic heterocycles. The second-order valence-corrected chi connectivity index (χ2v) is 4.45. The van der Waals surface area contributed by atoms with Gasteiger partial charge in [-0.05, 0) is 37.3 Å². The van der Waals surface area contributed by atoms with Crippen LogP contribution in [0.5, 0.6) is 0 Å². The molecule has 1 saturated carbocycles. The fourth-order valence-electron chi connectivity index (χ4n) is 1.93. The molecule has 2 rings (SSSR count). The molecule has 0 saturated heterocycles. The summed E-state index contributed by atoms with van der Waals surface area (Å²) in [7, 11) is 0. The second kappa shape index (κ2) is 4.12. The average molecular weight is 189 g/mol. The molecule has 14 heavy (non-hydrogen) atoms. The Morgan fingerprint density at radius 2 is 2.21 bits per heavy atom. The molecule has 1 aliphatic rings. The lowest BCUT2D eigenvalue weighted by atomic mass is 10.0. The molecule has 1 aliphatic carbocycles. The van der Waals surface area contributed by atoms with Gasteiger partial charge in [-0.25, -0.2) is 0 Å². The lowest BCUT2D eigenvalue weighted by molar-refractivity contribution is 0.644. The van der Waals surface area contributed by atoms with E-state index in [0.717, 1.165) is 5.92 Å². The summed E-state index contributed by atoms with van der Waals surface area (Å²) in [5, 5.41) is 0. The van der Waals surface area contributed by atoms with Crippen molar-refractivity contribution in [1.29, 1.82) is 0 Å². The van der Waals surface area contributed by atoms with Crippen LogP contribution in [0.15, 0.2) is 18.2 Å². The van der Waals surface area contributed by atoms with Gasteiger partial charge in [-0.2, -0.15) is 0 Å². The molecule has 1 nitrogen and oxygen atoms in total. The highest BCUT2D eigenvalue weighted by Gasteiger charge is 2.25. The van der Waals surface area contributed by atoms with Crippen molar-refractivity contribution in [2.24, 2.45) is 0 Å². The van der Waals surface area contributed by atoms with E-state index in [9.17, 15) is 0 Å². The van der Waals surface area contributed by atoms with Crippen molar-refractivity contribution in [3.63, 3.8) is 0 Å². The number of hydrogen-bond donors (Lipinski definition) is 0. The molecular weight excluding hydrogens is 170 g/mol. The molecule has 1 aromatic rings. The first kappa shape index (κ1) is 9.70.